The average Bonchev–Trinajstić information content (AvgIpc) is 2.30. The average molecular weight is 266 g/mol. The van der Waals surface area contributed by atoms with Gasteiger partial charge in [0, 0.05) is 19.8 Å². The fraction of sp³-hybridized carbons (Fsp3) is 1.00. The molecule has 0 aliphatic rings. The van der Waals surface area contributed by atoms with Crippen LogP contribution in [-0.4, -0.2) is 38.9 Å². The van der Waals surface area contributed by atoms with Gasteiger partial charge in [0.2, 0.25) is 0 Å². The number of hydrogen-bond donors (Lipinski definition) is 0. The Bertz CT molecular complexity index is 175. The molecule has 0 amide bonds. The number of rotatable bonds is 12. The standard InChI is InChI=1S/C12H27O4P/c1-4-7-14-10-17(13,11-15-8-5-2)12-16-9-6-3/h4-12H2,1-3H3. The summed E-state index contributed by atoms with van der Waals surface area (Å²) in [6.07, 6.45) is 3.62. The Balaban J connectivity index is 4.00. The van der Waals surface area contributed by atoms with Crippen molar-refractivity contribution in [2.24, 2.45) is 0 Å². The predicted octanol–water partition coefficient (Wildman–Crippen LogP) is 3.50. The van der Waals surface area contributed by atoms with E-state index in [9.17, 15) is 4.57 Å². The third kappa shape index (κ3) is 9.78. The van der Waals surface area contributed by atoms with Crippen LogP contribution in [0.2, 0.25) is 0 Å². The second-order valence-corrected chi connectivity index (χ2v) is 7.06. The van der Waals surface area contributed by atoms with Crippen molar-refractivity contribution in [3.05, 3.63) is 0 Å². The van der Waals surface area contributed by atoms with Gasteiger partial charge in [-0.15, -0.1) is 0 Å². The van der Waals surface area contributed by atoms with Crippen LogP contribution in [0.5, 0.6) is 0 Å². The molecule has 0 fully saturated rings. The zero-order chi connectivity index (χ0) is 13.0. The molecule has 5 heteroatoms. The monoisotopic (exact) mass is 266 g/mol. The van der Waals surface area contributed by atoms with Gasteiger partial charge in [-0.05, 0) is 19.3 Å². The Kier molecular flexibility index (Phi) is 11.3. The first-order valence-corrected chi connectivity index (χ1v) is 8.75. The molecule has 0 saturated heterocycles. The van der Waals surface area contributed by atoms with Crippen molar-refractivity contribution in [3.63, 3.8) is 0 Å². The highest BCUT2D eigenvalue weighted by Gasteiger charge is 2.23. The highest BCUT2D eigenvalue weighted by atomic mass is 31.2. The van der Waals surface area contributed by atoms with Gasteiger partial charge in [0.15, 0.2) is 7.14 Å². The molecular formula is C12H27O4P. The minimum absolute atomic E-state index is 0.272. The van der Waals surface area contributed by atoms with Gasteiger partial charge >= 0.3 is 0 Å². The van der Waals surface area contributed by atoms with Crippen molar-refractivity contribution in [1.29, 1.82) is 0 Å². The summed E-state index contributed by atoms with van der Waals surface area (Å²) in [4.78, 5) is 0. The summed E-state index contributed by atoms with van der Waals surface area (Å²) < 4.78 is 28.6. The quantitative estimate of drug-likeness (QED) is 0.400. The molecule has 0 atom stereocenters. The van der Waals surface area contributed by atoms with Crippen LogP contribution in [0.25, 0.3) is 0 Å². The maximum atomic E-state index is 12.5. The summed E-state index contributed by atoms with van der Waals surface area (Å²) in [5.74, 6) is 0. The predicted molar refractivity (Wildman–Crippen MR) is 70.9 cm³/mol. The normalized spacial score (nSPS) is 11.9. The second kappa shape index (κ2) is 11.2. The van der Waals surface area contributed by atoms with E-state index in [0.29, 0.717) is 19.8 Å². The van der Waals surface area contributed by atoms with E-state index in [2.05, 4.69) is 0 Å². The van der Waals surface area contributed by atoms with Crippen LogP contribution < -0.4 is 0 Å². The second-order valence-electron chi connectivity index (χ2n) is 4.17. The van der Waals surface area contributed by atoms with Crippen LogP contribution in [-0.2, 0) is 18.8 Å². The van der Waals surface area contributed by atoms with E-state index in [1.807, 2.05) is 20.8 Å². The third-order valence-corrected chi connectivity index (χ3v) is 3.98. The van der Waals surface area contributed by atoms with Crippen LogP contribution >= 0.6 is 7.14 Å². The smallest absolute Gasteiger partial charge is 0.160 e. The van der Waals surface area contributed by atoms with Crippen molar-refractivity contribution in [2.45, 2.75) is 40.0 Å². The van der Waals surface area contributed by atoms with Gasteiger partial charge in [-0.2, -0.15) is 0 Å². The molecule has 0 radical (unpaired) electrons. The molecule has 0 bridgehead atoms. The molecule has 0 rings (SSSR count). The molecule has 0 aromatic heterocycles. The summed E-state index contributed by atoms with van der Waals surface area (Å²) >= 11 is 0. The molecule has 0 heterocycles. The maximum Gasteiger partial charge on any atom is 0.160 e. The zero-order valence-corrected chi connectivity index (χ0v) is 12.3. The van der Waals surface area contributed by atoms with E-state index in [0.717, 1.165) is 19.3 Å². The van der Waals surface area contributed by atoms with E-state index in [4.69, 9.17) is 14.2 Å². The molecule has 17 heavy (non-hydrogen) atoms. The Morgan fingerprint density at radius 2 is 1.00 bits per heavy atom. The van der Waals surface area contributed by atoms with E-state index >= 15 is 0 Å². The summed E-state index contributed by atoms with van der Waals surface area (Å²) in [5, 5.41) is 0. The van der Waals surface area contributed by atoms with Gasteiger partial charge in [0.1, 0.15) is 19.0 Å². The molecule has 104 valence electrons. The summed E-state index contributed by atoms with van der Waals surface area (Å²) in [7, 11) is -2.48. The van der Waals surface area contributed by atoms with Gasteiger partial charge in [0.25, 0.3) is 0 Å². The van der Waals surface area contributed by atoms with Crippen molar-refractivity contribution < 1.29 is 18.8 Å². The molecule has 0 aliphatic carbocycles. The first-order valence-electron chi connectivity index (χ1n) is 6.48. The molecule has 0 aromatic rings. The van der Waals surface area contributed by atoms with Gasteiger partial charge in [-0.25, -0.2) is 0 Å². The first-order chi connectivity index (χ1) is 8.18. The van der Waals surface area contributed by atoms with Crippen LogP contribution in [0.3, 0.4) is 0 Å². The minimum atomic E-state index is -2.48. The van der Waals surface area contributed by atoms with Crippen molar-refractivity contribution in [2.75, 3.05) is 38.9 Å². The molecule has 0 unspecified atom stereocenters. The van der Waals surface area contributed by atoms with Crippen LogP contribution in [0, 0.1) is 0 Å². The molecule has 0 aliphatic heterocycles. The Morgan fingerprint density at radius 1 is 0.706 bits per heavy atom. The summed E-state index contributed by atoms with van der Waals surface area (Å²) in [6.45, 7) is 8.03. The van der Waals surface area contributed by atoms with Gasteiger partial charge < -0.3 is 18.8 Å². The molecule has 4 nitrogen and oxygen atoms in total. The topological polar surface area (TPSA) is 44.8 Å². The van der Waals surface area contributed by atoms with Crippen molar-refractivity contribution in [3.8, 4) is 0 Å². The van der Waals surface area contributed by atoms with Crippen LogP contribution in [0.1, 0.15) is 40.0 Å². The summed E-state index contributed by atoms with van der Waals surface area (Å²) in [6, 6.07) is 0. The molecule has 0 spiro atoms. The van der Waals surface area contributed by atoms with Crippen molar-refractivity contribution in [1.82, 2.24) is 0 Å². The van der Waals surface area contributed by atoms with E-state index < -0.39 is 7.14 Å². The minimum Gasteiger partial charge on any atom is -0.374 e. The number of ether oxygens (including phenoxy) is 3. The third-order valence-electron chi connectivity index (χ3n) is 2.03. The molecule has 0 N–H and O–H groups in total. The van der Waals surface area contributed by atoms with Crippen molar-refractivity contribution >= 4 is 7.14 Å². The lowest BCUT2D eigenvalue weighted by Crippen LogP contribution is -2.09. The lowest BCUT2D eigenvalue weighted by atomic mass is 10.5. The van der Waals surface area contributed by atoms with E-state index in [1.54, 1.807) is 0 Å². The lowest BCUT2D eigenvalue weighted by Gasteiger charge is -2.18. The fourth-order valence-electron chi connectivity index (χ4n) is 1.24. The number of hydrogen-bond acceptors (Lipinski definition) is 4. The molecule has 0 aromatic carbocycles. The fourth-order valence-corrected chi connectivity index (χ4v) is 2.85. The van der Waals surface area contributed by atoms with Crippen LogP contribution in [0.4, 0.5) is 0 Å². The molecule has 0 saturated carbocycles. The van der Waals surface area contributed by atoms with Gasteiger partial charge in [0.05, 0.1) is 0 Å². The zero-order valence-electron chi connectivity index (χ0n) is 11.4. The molecular weight excluding hydrogens is 239 g/mol. The van der Waals surface area contributed by atoms with E-state index in [-0.39, 0.29) is 19.0 Å². The maximum absolute atomic E-state index is 12.5. The summed E-state index contributed by atoms with van der Waals surface area (Å²) in [5.41, 5.74) is 0. The Hall–Kier alpha value is 0.110. The van der Waals surface area contributed by atoms with Crippen LogP contribution in [0.15, 0.2) is 0 Å². The first kappa shape index (κ1) is 17.1. The largest absolute Gasteiger partial charge is 0.374 e. The SMILES string of the molecule is CCCOCP(=O)(COCCC)COCCC. The highest BCUT2D eigenvalue weighted by Crippen LogP contribution is 2.45. The lowest BCUT2D eigenvalue weighted by molar-refractivity contribution is 0.136. The Labute approximate surface area is 105 Å². The van der Waals surface area contributed by atoms with Gasteiger partial charge in [-0.3, -0.25) is 0 Å². The Morgan fingerprint density at radius 3 is 1.24 bits per heavy atom. The van der Waals surface area contributed by atoms with Gasteiger partial charge in [-0.1, -0.05) is 20.8 Å². The van der Waals surface area contributed by atoms with E-state index in [1.165, 1.54) is 0 Å². The highest BCUT2D eigenvalue weighted by molar-refractivity contribution is 7.63.